The van der Waals surface area contributed by atoms with E-state index in [2.05, 4.69) is 17.9 Å². The highest BCUT2D eigenvalue weighted by Gasteiger charge is 2.21. The fourth-order valence-corrected chi connectivity index (χ4v) is 2.41. The van der Waals surface area contributed by atoms with Gasteiger partial charge in [0.05, 0.1) is 11.3 Å². The Morgan fingerprint density at radius 2 is 2.24 bits per heavy atom. The summed E-state index contributed by atoms with van der Waals surface area (Å²) in [4.78, 5) is 2.27. The molecule has 1 saturated carbocycles. The van der Waals surface area contributed by atoms with Gasteiger partial charge in [0.2, 0.25) is 0 Å². The highest BCUT2D eigenvalue weighted by atomic mass is 35.5. The third-order valence-corrected chi connectivity index (χ3v) is 3.74. The molecule has 0 atom stereocenters. The third kappa shape index (κ3) is 2.73. The van der Waals surface area contributed by atoms with Gasteiger partial charge in [0, 0.05) is 18.1 Å². The zero-order valence-electron chi connectivity index (χ0n) is 10.1. The Bertz CT molecular complexity index is 432. The number of rotatable bonds is 4. The monoisotopic (exact) mass is 248 g/mol. The zero-order valence-corrected chi connectivity index (χ0v) is 10.9. The van der Waals surface area contributed by atoms with Crippen LogP contribution in [0.4, 0.5) is 5.69 Å². The minimum absolute atomic E-state index is 0.700. The van der Waals surface area contributed by atoms with E-state index in [-0.39, 0.29) is 0 Å². The molecule has 90 valence electrons. The maximum atomic E-state index is 9.14. The van der Waals surface area contributed by atoms with Crippen LogP contribution in [0.3, 0.4) is 0 Å². The number of nitriles is 1. The lowest BCUT2D eigenvalue weighted by Gasteiger charge is -2.33. The first kappa shape index (κ1) is 12.3. The molecule has 0 aliphatic heterocycles. The van der Waals surface area contributed by atoms with Gasteiger partial charge >= 0.3 is 0 Å². The zero-order chi connectivity index (χ0) is 12.3. The summed E-state index contributed by atoms with van der Waals surface area (Å²) in [5.41, 5.74) is 1.70. The van der Waals surface area contributed by atoms with Crippen LogP contribution in [0.25, 0.3) is 0 Å². The average Bonchev–Trinajstić information content (AvgIpc) is 2.28. The lowest BCUT2D eigenvalue weighted by atomic mass is 9.85. The largest absolute Gasteiger partial charge is 0.370 e. The van der Waals surface area contributed by atoms with Crippen LogP contribution in [0.2, 0.25) is 5.02 Å². The van der Waals surface area contributed by atoms with Crippen molar-refractivity contribution in [2.24, 2.45) is 5.92 Å². The van der Waals surface area contributed by atoms with Crippen molar-refractivity contribution < 1.29 is 0 Å². The number of halogens is 1. The lowest BCUT2D eigenvalue weighted by molar-refractivity contribution is 0.318. The van der Waals surface area contributed by atoms with Crippen LogP contribution in [-0.2, 0) is 0 Å². The molecule has 0 saturated heterocycles. The molecule has 0 N–H and O–H groups in total. The Kier molecular flexibility index (Phi) is 3.91. The van der Waals surface area contributed by atoms with Gasteiger partial charge in [-0.3, -0.25) is 0 Å². The normalized spacial score (nSPS) is 15.1. The molecule has 0 unspecified atom stereocenters. The van der Waals surface area contributed by atoms with E-state index in [0.29, 0.717) is 5.02 Å². The molecule has 1 fully saturated rings. The molecule has 0 aromatic heterocycles. The maximum Gasteiger partial charge on any atom is 0.101 e. The molecular weight excluding hydrogens is 232 g/mol. The first-order valence-electron chi connectivity index (χ1n) is 6.19. The highest BCUT2D eigenvalue weighted by Crippen LogP contribution is 2.31. The molecule has 0 heterocycles. The summed E-state index contributed by atoms with van der Waals surface area (Å²) < 4.78 is 0. The summed E-state index contributed by atoms with van der Waals surface area (Å²) >= 11 is 6.02. The Morgan fingerprint density at radius 1 is 1.47 bits per heavy atom. The molecule has 3 heteroatoms. The van der Waals surface area contributed by atoms with Crippen molar-refractivity contribution in [1.29, 1.82) is 5.26 Å². The average molecular weight is 249 g/mol. The summed E-state index contributed by atoms with van der Waals surface area (Å²) in [7, 11) is 0. The van der Waals surface area contributed by atoms with Crippen LogP contribution < -0.4 is 4.90 Å². The molecule has 1 aromatic rings. The van der Waals surface area contributed by atoms with E-state index >= 15 is 0 Å². The van der Waals surface area contributed by atoms with E-state index in [4.69, 9.17) is 16.9 Å². The fraction of sp³-hybridized carbons (Fsp3) is 0.500. The second-order valence-electron chi connectivity index (χ2n) is 4.61. The van der Waals surface area contributed by atoms with Crippen LogP contribution in [-0.4, -0.2) is 13.1 Å². The number of hydrogen-bond donors (Lipinski definition) is 0. The van der Waals surface area contributed by atoms with Crippen LogP contribution in [0, 0.1) is 17.2 Å². The van der Waals surface area contributed by atoms with E-state index in [0.717, 1.165) is 30.3 Å². The molecule has 0 spiro atoms. The summed E-state index contributed by atoms with van der Waals surface area (Å²) in [5, 5.41) is 9.84. The number of hydrogen-bond acceptors (Lipinski definition) is 2. The smallest absolute Gasteiger partial charge is 0.101 e. The van der Waals surface area contributed by atoms with E-state index in [1.54, 1.807) is 12.1 Å². The van der Waals surface area contributed by atoms with E-state index in [1.807, 2.05) is 6.07 Å². The summed E-state index contributed by atoms with van der Waals surface area (Å²) in [6.07, 6.45) is 3.99. The van der Waals surface area contributed by atoms with Crippen molar-refractivity contribution in [2.75, 3.05) is 18.0 Å². The predicted molar refractivity (Wildman–Crippen MR) is 71.4 cm³/mol. The number of benzene rings is 1. The molecule has 1 aromatic carbocycles. The van der Waals surface area contributed by atoms with E-state index < -0.39 is 0 Å². The van der Waals surface area contributed by atoms with Gasteiger partial charge in [0.15, 0.2) is 0 Å². The van der Waals surface area contributed by atoms with Crippen LogP contribution in [0.1, 0.15) is 31.7 Å². The third-order valence-electron chi connectivity index (χ3n) is 3.51. The molecule has 17 heavy (non-hydrogen) atoms. The fourth-order valence-electron chi connectivity index (χ4n) is 2.25. The second kappa shape index (κ2) is 5.42. The molecule has 0 radical (unpaired) electrons. The number of nitrogens with zero attached hydrogens (tertiary/aromatic N) is 2. The molecule has 1 aliphatic rings. The van der Waals surface area contributed by atoms with Crippen molar-refractivity contribution >= 4 is 17.3 Å². The first-order chi connectivity index (χ1) is 8.24. The maximum absolute atomic E-state index is 9.14. The van der Waals surface area contributed by atoms with Crippen molar-refractivity contribution in [3.63, 3.8) is 0 Å². The van der Waals surface area contributed by atoms with Crippen LogP contribution in [0.15, 0.2) is 18.2 Å². The Balaban J connectivity index is 2.22. The molecule has 1 aliphatic carbocycles. The van der Waals surface area contributed by atoms with Crippen molar-refractivity contribution in [2.45, 2.75) is 26.2 Å². The van der Waals surface area contributed by atoms with Gasteiger partial charge in [-0.05, 0) is 43.9 Å². The van der Waals surface area contributed by atoms with Crippen molar-refractivity contribution in [3.05, 3.63) is 28.8 Å². The molecule has 0 bridgehead atoms. The summed E-state index contributed by atoms with van der Waals surface area (Å²) in [6, 6.07) is 7.74. The standard InChI is InChI=1S/C14H17ClN2/c1-2-17(10-11-4-3-5-11)14-8-13(15)7-6-12(14)9-16/h6-8,11H,2-5,10H2,1H3. The number of anilines is 1. The second-order valence-corrected chi connectivity index (χ2v) is 5.05. The van der Waals surface area contributed by atoms with Gasteiger partial charge in [-0.25, -0.2) is 0 Å². The van der Waals surface area contributed by atoms with Crippen molar-refractivity contribution in [3.8, 4) is 6.07 Å². The van der Waals surface area contributed by atoms with Gasteiger partial charge in [-0.15, -0.1) is 0 Å². The first-order valence-corrected chi connectivity index (χ1v) is 6.57. The minimum atomic E-state index is 0.700. The quantitative estimate of drug-likeness (QED) is 0.810. The summed E-state index contributed by atoms with van der Waals surface area (Å²) in [6.45, 7) is 4.10. The Hall–Kier alpha value is -1.20. The van der Waals surface area contributed by atoms with E-state index in [1.165, 1.54) is 19.3 Å². The van der Waals surface area contributed by atoms with Gasteiger partial charge in [-0.1, -0.05) is 18.0 Å². The SMILES string of the molecule is CCN(CC1CCC1)c1cc(Cl)ccc1C#N. The topological polar surface area (TPSA) is 27.0 Å². The van der Waals surface area contributed by atoms with Gasteiger partial charge < -0.3 is 4.90 Å². The molecule has 2 nitrogen and oxygen atoms in total. The summed E-state index contributed by atoms with van der Waals surface area (Å²) in [5.74, 6) is 0.792. The van der Waals surface area contributed by atoms with Crippen LogP contribution >= 0.6 is 11.6 Å². The molecule has 2 rings (SSSR count). The van der Waals surface area contributed by atoms with Crippen molar-refractivity contribution in [1.82, 2.24) is 0 Å². The van der Waals surface area contributed by atoms with Gasteiger partial charge in [0.25, 0.3) is 0 Å². The highest BCUT2D eigenvalue weighted by molar-refractivity contribution is 6.30. The predicted octanol–water partition coefficient (Wildman–Crippen LogP) is 3.84. The minimum Gasteiger partial charge on any atom is -0.370 e. The Labute approximate surface area is 108 Å². The Morgan fingerprint density at radius 3 is 2.76 bits per heavy atom. The molecular formula is C14H17ClN2. The van der Waals surface area contributed by atoms with Gasteiger partial charge in [0.1, 0.15) is 6.07 Å². The lowest BCUT2D eigenvalue weighted by Crippen LogP contribution is -2.32. The van der Waals surface area contributed by atoms with Crippen LogP contribution in [0.5, 0.6) is 0 Å². The van der Waals surface area contributed by atoms with Gasteiger partial charge in [-0.2, -0.15) is 5.26 Å². The molecule has 0 amide bonds. The van der Waals surface area contributed by atoms with E-state index in [9.17, 15) is 0 Å².